The Morgan fingerprint density at radius 3 is 2.75 bits per heavy atom. The van der Waals surface area contributed by atoms with Gasteiger partial charge in [0.2, 0.25) is 0 Å². The molecule has 2 heterocycles. The summed E-state index contributed by atoms with van der Waals surface area (Å²) in [6.45, 7) is 7.71. The van der Waals surface area contributed by atoms with E-state index >= 15 is 0 Å². The molecular formula is C17H27N3. The Morgan fingerprint density at radius 1 is 1.15 bits per heavy atom. The van der Waals surface area contributed by atoms with Gasteiger partial charge in [-0.25, -0.2) is 4.98 Å². The highest BCUT2D eigenvalue weighted by Crippen LogP contribution is 2.38. The third-order valence-electron chi connectivity index (χ3n) is 4.54. The largest absolute Gasteiger partial charge is 0.365 e. The first-order valence-electron chi connectivity index (χ1n) is 8.05. The van der Waals surface area contributed by atoms with Crippen molar-refractivity contribution in [1.82, 2.24) is 4.98 Å². The Bertz CT molecular complexity index is 464. The molecule has 110 valence electrons. The highest BCUT2D eigenvalue weighted by molar-refractivity contribution is 5.49. The molecule has 1 saturated heterocycles. The van der Waals surface area contributed by atoms with Gasteiger partial charge in [0.1, 0.15) is 11.6 Å². The number of anilines is 2. The van der Waals surface area contributed by atoms with Crippen LogP contribution in [-0.2, 0) is 0 Å². The van der Waals surface area contributed by atoms with Gasteiger partial charge in [-0.15, -0.1) is 0 Å². The summed E-state index contributed by atoms with van der Waals surface area (Å²) < 4.78 is 0. The van der Waals surface area contributed by atoms with Crippen molar-refractivity contribution in [2.75, 3.05) is 16.8 Å². The predicted octanol–water partition coefficient (Wildman–Crippen LogP) is 4.06. The maximum absolute atomic E-state index is 4.85. The molecule has 0 amide bonds. The normalized spacial score (nSPS) is 26.4. The van der Waals surface area contributed by atoms with E-state index in [-0.39, 0.29) is 5.54 Å². The fraction of sp³-hybridized carbons (Fsp3) is 0.706. The first kappa shape index (κ1) is 13.7. The Labute approximate surface area is 122 Å². The van der Waals surface area contributed by atoms with Crippen LogP contribution in [0.3, 0.4) is 0 Å². The number of aromatic nitrogens is 1. The third kappa shape index (κ3) is 2.92. The molecule has 1 N–H and O–H groups in total. The second-order valence-corrected chi connectivity index (χ2v) is 7.35. The zero-order chi connectivity index (χ0) is 14.2. The molecule has 0 aromatic carbocycles. The van der Waals surface area contributed by atoms with E-state index in [4.69, 9.17) is 4.98 Å². The summed E-state index contributed by atoms with van der Waals surface area (Å²) in [5, 5.41) is 3.48. The van der Waals surface area contributed by atoms with E-state index in [9.17, 15) is 0 Å². The molecule has 0 bridgehead atoms. The number of nitrogens with zero attached hydrogens (tertiary/aromatic N) is 2. The fourth-order valence-electron chi connectivity index (χ4n) is 3.73. The standard InChI is InChI=1S/C17H27N3/c1-17(2,3)19-15-9-6-10-16(18-15)20-12-11-13-7-4-5-8-14(13)20/h6,9-10,13-14H,4-5,7-8,11-12H2,1-3H3,(H,18,19). The molecule has 0 radical (unpaired) electrons. The van der Waals surface area contributed by atoms with Crippen LogP contribution >= 0.6 is 0 Å². The van der Waals surface area contributed by atoms with Gasteiger partial charge in [0, 0.05) is 18.1 Å². The number of pyridine rings is 1. The monoisotopic (exact) mass is 273 g/mol. The van der Waals surface area contributed by atoms with Crippen molar-refractivity contribution >= 4 is 11.6 Å². The lowest BCUT2D eigenvalue weighted by molar-refractivity contribution is 0.341. The van der Waals surface area contributed by atoms with Crippen molar-refractivity contribution in [3.05, 3.63) is 18.2 Å². The number of nitrogens with one attached hydrogen (secondary N) is 1. The molecule has 3 heteroatoms. The first-order chi connectivity index (χ1) is 9.53. The maximum Gasteiger partial charge on any atom is 0.131 e. The molecule has 2 aliphatic rings. The topological polar surface area (TPSA) is 28.2 Å². The molecule has 1 saturated carbocycles. The smallest absolute Gasteiger partial charge is 0.131 e. The SMILES string of the molecule is CC(C)(C)Nc1cccc(N2CCC3CCCCC32)n1. The zero-order valence-electron chi connectivity index (χ0n) is 13.0. The van der Waals surface area contributed by atoms with E-state index in [1.807, 2.05) is 0 Å². The Morgan fingerprint density at radius 2 is 1.95 bits per heavy atom. The van der Waals surface area contributed by atoms with Gasteiger partial charge in [0.15, 0.2) is 0 Å². The van der Waals surface area contributed by atoms with Gasteiger partial charge in [0.05, 0.1) is 0 Å². The van der Waals surface area contributed by atoms with E-state index in [1.165, 1.54) is 38.6 Å². The summed E-state index contributed by atoms with van der Waals surface area (Å²) in [7, 11) is 0. The van der Waals surface area contributed by atoms with Crippen LogP contribution in [0.1, 0.15) is 52.9 Å². The minimum absolute atomic E-state index is 0.0595. The Kier molecular flexibility index (Phi) is 3.61. The first-order valence-corrected chi connectivity index (χ1v) is 8.05. The number of fused-ring (bicyclic) bond motifs is 1. The lowest BCUT2D eigenvalue weighted by Gasteiger charge is -2.32. The minimum Gasteiger partial charge on any atom is -0.365 e. The highest BCUT2D eigenvalue weighted by atomic mass is 15.2. The molecule has 0 spiro atoms. The summed E-state index contributed by atoms with van der Waals surface area (Å²) in [4.78, 5) is 7.40. The molecule has 1 aliphatic heterocycles. The summed E-state index contributed by atoms with van der Waals surface area (Å²) >= 11 is 0. The van der Waals surface area contributed by atoms with Gasteiger partial charge < -0.3 is 10.2 Å². The van der Waals surface area contributed by atoms with Crippen LogP contribution in [0.25, 0.3) is 0 Å². The van der Waals surface area contributed by atoms with Crippen molar-refractivity contribution in [3.8, 4) is 0 Å². The molecule has 3 nitrogen and oxygen atoms in total. The van der Waals surface area contributed by atoms with Crippen molar-refractivity contribution in [2.24, 2.45) is 5.92 Å². The molecular weight excluding hydrogens is 246 g/mol. The van der Waals surface area contributed by atoms with Gasteiger partial charge in [-0.1, -0.05) is 18.9 Å². The molecule has 2 fully saturated rings. The Balaban J connectivity index is 1.78. The molecule has 2 atom stereocenters. The lowest BCUT2D eigenvalue weighted by atomic mass is 9.85. The van der Waals surface area contributed by atoms with Crippen LogP contribution in [0.4, 0.5) is 11.6 Å². The maximum atomic E-state index is 4.85. The van der Waals surface area contributed by atoms with Crippen molar-refractivity contribution in [2.45, 2.75) is 64.5 Å². The van der Waals surface area contributed by atoms with E-state index in [1.54, 1.807) is 0 Å². The summed E-state index contributed by atoms with van der Waals surface area (Å²) in [6, 6.07) is 7.11. The minimum atomic E-state index is 0.0595. The van der Waals surface area contributed by atoms with Crippen LogP contribution in [0.2, 0.25) is 0 Å². The fourth-order valence-corrected chi connectivity index (χ4v) is 3.73. The zero-order valence-corrected chi connectivity index (χ0v) is 13.0. The number of hydrogen-bond acceptors (Lipinski definition) is 3. The van der Waals surface area contributed by atoms with Crippen molar-refractivity contribution in [1.29, 1.82) is 0 Å². The van der Waals surface area contributed by atoms with E-state index in [0.29, 0.717) is 0 Å². The van der Waals surface area contributed by atoms with Gasteiger partial charge >= 0.3 is 0 Å². The van der Waals surface area contributed by atoms with Crippen LogP contribution in [0.5, 0.6) is 0 Å². The van der Waals surface area contributed by atoms with Gasteiger partial charge in [-0.3, -0.25) is 0 Å². The van der Waals surface area contributed by atoms with Crippen LogP contribution in [0, 0.1) is 5.92 Å². The summed E-state index contributed by atoms with van der Waals surface area (Å²) in [5.74, 6) is 3.06. The van der Waals surface area contributed by atoms with Gasteiger partial charge in [-0.2, -0.15) is 0 Å². The average Bonchev–Trinajstić information content (AvgIpc) is 2.81. The number of hydrogen-bond donors (Lipinski definition) is 1. The van der Waals surface area contributed by atoms with Crippen molar-refractivity contribution < 1.29 is 0 Å². The van der Waals surface area contributed by atoms with Crippen LogP contribution in [-0.4, -0.2) is 23.1 Å². The number of rotatable bonds is 2. The molecule has 20 heavy (non-hydrogen) atoms. The molecule has 2 unspecified atom stereocenters. The van der Waals surface area contributed by atoms with Gasteiger partial charge in [-0.05, 0) is 58.1 Å². The molecule has 3 rings (SSSR count). The quantitative estimate of drug-likeness (QED) is 0.880. The van der Waals surface area contributed by atoms with E-state index < -0.39 is 0 Å². The van der Waals surface area contributed by atoms with E-state index in [2.05, 4.69) is 49.2 Å². The molecule has 1 aromatic heterocycles. The van der Waals surface area contributed by atoms with E-state index in [0.717, 1.165) is 23.6 Å². The summed E-state index contributed by atoms with van der Waals surface area (Å²) in [6.07, 6.45) is 6.93. The average molecular weight is 273 g/mol. The predicted molar refractivity (Wildman–Crippen MR) is 85.3 cm³/mol. The summed E-state index contributed by atoms with van der Waals surface area (Å²) in [5.41, 5.74) is 0.0595. The van der Waals surface area contributed by atoms with Crippen LogP contribution < -0.4 is 10.2 Å². The van der Waals surface area contributed by atoms with Crippen LogP contribution in [0.15, 0.2) is 18.2 Å². The molecule has 1 aliphatic carbocycles. The highest BCUT2D eigenvalue weighted by Gasteiger charge is 2.36. The third-order valence-corrected chi connectivity index (χ3v) is 4.54. The second kappa shape index (κ2) is 5.27. The van der Waals surface area contributed by atoms with Crippen molar-refractivity contribution in [3.63, 3.8) is 0 Å². The Hall–Kier alpha value is -1.25. The second-order valence-electron chi connectivity index (χ2n) is 7.35. The lowest BCUT2D eigenvalue weighted by Crippen LogP contribution is -2.35. The molecule has 1 aromatic rings. The van der Waals surface area contributed by atoms with Gasteiger partial charge in [0.25, 0.3) is 0 Å².